The van der Waals surface area contributed by atoms with Gasteiger partial charge in [-0.3, -0.25) is 0 Å². The van der Waals surface area contributed by atoms with Crippen molar-refractivity contribution in [2.45, 2.75) is 26.2 Å². The molecule has 1 aliphatic rings. The molecule has 0 aromatic heterocycles. The third-order valence-electron chi connectivity index (χ3n) is 2.32. The third-order valence-corrected chi connectivity index (χ3v) is 3.57. The molecule has 0 bridgehead atoms. The van der Waals surface area contributed by atoms with Crippen molar-refractivity contribution in [1.82, 2.24) is 0 Å². The van der Waals surface area contributed by atoms with Crippen LogP contribution in [0.15, 0.2) is 11.6 Å². The SMILES string of the molecule is CC/C(=C\C1CCCSC1)CO. The molecule has 1 heterocycles. The maximum Gasteiger partial charge on any atom is 0.0641 e. The standard InChI is InChI=1S/C10H18OS/c1-2-9(7-11)6-10-4-3-5-12-8-10/h6,10-11H,2-5,7-8H2,1H3/b9-6+. The van der Waals surface area contributed by atoms with E-state index >= 15 is 0 Å². The van der Waals surface area contributed by atoms with Gasteiger partial charge in [-0.25, -0.2) is 0 Å². The summed E-state index contributed by atoms with van der Waals surface area (Å²) in [6, 6.07) is 0. The summed E-state index contributed by atoms with van der Waals surface area (Å²) in [5.74, 6) is 3.31. The second kappa shape index (κ2) is 5.65. The molecule has 0 amide bonds. The Bertz CT molecular complexity index is 142. The Morgan fingerprint density at radius 2 is 2.50 bits per heavy atom. The van der Waals surface area contributed by atoms with Crippen LogP contribution in [-0.4, -0.2) is 23.2 Å². The average Bonchev–Trinajstić information content (AvgIpc) is 2.16. The van der Waals surface area contributed by atoms with Crippen LogP contribution in [0.3, 0.4) is 0 Å². The van der Waals surface area contributed by atoms with E-state index in [4.69, 9.17) is 5.11 Å². The lowest BCUT2D eigenvalue weighted by Crippen LogP contribution is -2.09. The van der Waals surface area contributed by atoms with Crippen molar-refractivity contribution in [3.63, 3.8) is 0 Å². The fraction of sp³-hybridized carbons (Fsp3) is 0.800. The van der Waals surface area contributed by atoms with Crippen LogP contribution in [0.2, 0.25) is 0 Å². The zero-order valence-electron chi connectivity index (χ0n) is 7.75. The van der Waals surface area contributed by atoms with Gasteiger partial charge in [-0.15, -0.1) is 0 Å². The summed E-state index contributed by atoms with van der Waals surface area (Å²) in [5.41, 5.74) is 1.21. The van der Waals surface area contributed by atoms with Crippen molar-refractivity contribution in [3.8, 4) is 0 Å². The molecular formula is C10H18OS. The zero-order valence-corrected chi connectivity index (χ0v) is 8.57. The highest BCUT2D eigenvalue weighted by Crippen LogP contribution is 2.24. The van der Waals surface area contributed by atoms with Crippen LogP contribution in [0.25, 0.3) is 0 Å². The second-order valence-electron chi connectivity index (χ2n) is 3.31. The molecule has 1 aliphatic heterocycles. The van der Waals surface area contributed by atoms with Gasteiger partial charge in [0.1, 0.15) is 0 Å². The summed E-state index contributed by atoms with van der Waals surface area (Å²) in [6.45, 7) is 2.36. The van der Waals surface area contributed by atoms with Gasteiger partial charge in [0.2, 0.25) is 0 Å². The highest BCUT2D eigenvalue weighted by Gasteiger charge is 2.11. The number of rotatable bonds is 3. The number of aliphatic hydroxyl groups is 1. The molecule has 1 nitrogen and oxygen atoms in total. The van der Waals surface area contributed by atoms with E-state index in [0.29, 0.717) is 0 Å². The Kier molecular flexibility index (Phi) is 4.77. The van der Waals surface area contributed by atoms with Crippen molar-refractivity contribution in [3.05, 3.63) is 11.6 Å². The van der Waals surface area contributed by atoms with Gasteiger partial charge in [0.15, 0.2) is 0 Å². The largest absolute Gasteiger partial charge is 0.392 e. The van der Waals surface area contributed by atoms with Crippen LogP contribution in [0.4, 0.5) is 0 Å². The topological polar surface area (TPSA) is 20.2 Å². The summed E-state index contributed by atoms with van der Waals surface area (Å²) >= 11 is 2.04. The third kappa shape index (κ3) is 3.20. The molecule has 0 spiro atoms. The van der Waals surface area contributed by atoms with Crippen LogP contribution in [0.5, 0.6) is 0 Å². The van der Waals surface area contributed by atoms with Gasteiger partial charge >= 0.3 is 0 Å². The minimum Gasteiger partial charge on any atom is -0.392 e. The van der Waals surface area contributed by atoms with E-state index in [1.807, 2.05) is 11.8 Å². The fourth-order valence-electron chi connectivity index (χ4n) is 1.51. The van der Waals surface area contributed by atoms with E-state index in [9.17, 15) is 0 Å². The molecule has 1 atom stereocenters. The first-order chi connectivity index (χ1) is 5.86. The van der Waals surface area contributed by atoms with Gasteiger partial charge in [-0.1, -0.05) is 13.0 Å². The molecule has 2 heteroatoms. The number of hydrogen-bond donors (Lipinski definition) is 1. The Morgan fingerprint density at radius 1 is 1.67 bits per heavy atom. The van der Waals surface area contributed by atoms with Gasteiger partial charge in [0.25, 0.3) is 0 Å². The van der Waals surface area contributed by atoms with Crippen LogP contribution in [0, 0.1) is 5.92 Å². The predicted molar refractivity (Wildman–Crippen MR) is 55.5 cm³/mol. The molecular weight excluding hydrogens is 168 g/mol. The van der Waals surface area contributed by atoms with E-state index in [2.05, 4.69) is 13.0 Å². The van der Waals surface area contributed by atoms with Crippen LogP contribution < -0.4 is 0 Å². The Hall–Kier alpha value is 0.0500. The summed E-state index contributed by atoms with van der Waals surface area (Å²) in [6.07, 6.45) is 5.94. The van der Waals surface area contributed by atoms with Crippen molar-refractivity contribution in [2.24, 2.45) is 5.92 Å². The highest BCUT2D eigenvalue weighted by atomic mass is 32.2. The maximum atomic E-state index is 8.98. The van der Waals surface area contributed by atoms with Gasteiger partial charge in [-0.05, 0) is 42.3 Å². The Morgan fingerprint density at radius 3 is 3.00 bits per heavy atom. The molecule has 0 aromatic carbocycles. The van der Waals surface area contributed by atoms with Crippen molar-refractivity contribution < 1.29 is 5.11 Å². The van der Waals surface area contributed by atoms with Crippen LogP contribution >= 0.6 is 11.8 Å². The molecule has 70 valence electrons. The normalized spacial score (nSPS) is 25.8. The number of hydrogen-bond acceptors (Lipinski definition) is 2. The van der Waals surface area contributed by atoms with E-state index in [-0.39, 0.29) is 6.61 Å². The van der Waals surface area contributed by atoms with Crippen LogP contribution in [-0.2, 0) is 0 Å². The predicted octanol–water partition coefficient (Wildman–Crippen LogP) is 2.46. The van der Waals surface area contributed by atoms with E-state index in [1.54, 1.807) is 0 Å². The van der Waals surface area contributed by atoms with Gasteiger partial charge < -0.3 is 5.11 Å². The molecule has 1 N–H and O–H groups in total. The second-order valence-corrected chi connectivity index (χ2v) is 4.46. The molecule has 1 fully saturated rings. The number of thioether (sulfide) groups is 1. The zero-order chi connectivity index (χ0) is 8.81. The number of allylic oxidation sites excluding steroid dienone is 1. The summed E-state index contributed by atoms with van der Waals surface area (Å²) in [4.78, 5) is 0. The van der Waals surface area contributed by atoms with E-state index in [0.717, 1.165) is 12.3 Å². The van der Waals surface area contributed by atoms with Gasteiger partial charge in [0, 0.05) is 0 Å². The molecule has 1 unspecified atom stereocenters. The Labute approximate surface area is 79.2 Å². The molecule has 0 saturated carbocycles. The first-order valence-corrected chi connectivity index (χ1v) is 5.90. The van der Waals surface area contributed by atoms with Crippen molar-refractivity contribution in [1.29, 1.82) is 0 Å². The van der Waals surface area contributed by atoms with Gasteiger partial charge in [0.05, 0.1) is 6.61 Å². The van der Waals surface area contributed by atoms with Crippen molar-refractivity contribution >= 4 is 11.8 Å². The minimum atomic E-state index is 0.248. The molecule has 1 rings (SSSR count). The molecule has 1 saturated heterocycles. The molecule has 0 aliphatic carbocycles. The smallest absolute Gasteiger partial charge is 0.0641 e. The summed E-state index contributed by atoms with van der Waals surface area (Å²) in [7, 11) is 0. The Balaban J connectivity index is 2.39. The first-order valence-electron chi connectivity index (χ1n) is 4.75. The molecule has 0 radical (unpaired) electrons. The average molecular weight is 186 g/mol. The minimum absolute atomic E-state index is 0.248. The molecule has 12 heavy (non-hydrogen) atoms. The summed E-state index contributed by atoms with van der Waals surface area (Å²) in [5, 5.41) is 8.98. The first kappa shape index (κ1) is 10.1. The fourth-order valence-corrected chi connectivity index (χ4v) is 2.62. The molecule has 0 aromatic rings. The number of aliphatic hydroxyl groups excluding tert-OH is 1. The highest BCUT2D eigenvalue weighted by molar-refractivity contribution is 7.99. The monoisotopic (exact) mass is 186 g/mol. The van der Waals surface area contributed by atoms with Crippen molar-refractivity contribution in [2.75, 3.05) is 18.1 Å². The quantitative estimate of drug-likeness (QED) is 0.683. The lowest BCUT2D eigenvalue weighted by molar-refractivity contribution is 0.326. The maximum absolute atomic E-state index is 8.98. The lowest BCUT2D eigenvalue weighted by Gasteiger charge is -2.18. The van der Waals surface area contributed by atoms with Crippen LogP contribution in [0.1, 0.15) is 26.2 Å². The van der Waals surface area contributed by atoms with Gasteiger partial charge in [-0.2, -0.15) is 11.8 Å². The van der Waals surface area contributed by atoms with E-state index < -0.39 is 0 Å². The lowest BCUT2D eigenvalue weighted by atomic mass is 10.0. The summed E-state index contributed by atoms with van der Waals surface area (Å²) < 4.78 is 0. The van der Waals surface area contributed by atoms with E-state index in [1.165, 1.54) is 29.9 Å².